The van der Waals surface area contributed by atoms with Crippen LogP contribution in [0.1, 0.15) is 58.3 Å². The van der Waals surface area contributed by atoms with E-state index in [1.54, 1.807) is 0 Å². The molecule has 2 N–H and O–H groups in total. The van der Waals surface area contributed by atoms with Crippen molar-refractivity contribution in [1.29, 1.82) is 0 Å². The second kappa shape index (κ2) is 6.23. The number of hydrogen-bond acceptors (Lipinski definition) is 5. The summed E-state index contributed by atoms with van der Waals surface area (Å²) < 4.78 is 0. The van der Waals surface area contributed by atoms with Crippen LogP contribution in [0.5, 0.6) is 0 Å². The van der Waals surface area contributed by atoms with Crippen LogP contribution in [-0.2, 0) is 14.4 Å². The van der Waals surface area contributed by atoms with Crippen LogP contribution in [0.4, 0.5) is 0 Å². The summed E-state index contributed by atoms with van der Waals surface area (Å²) in [6, 6.07) is 0. The van der Waals surface area contributed by atoms with E-state index in [4.69, 9.17) is 0 Å². The van der Waals surface area contributed by atoms with Crippen molar-refractivity contribution in [2.45, 2.75) is 64.4 Å². The normalized spacial score (nSPS) is 50.5. The minimum absolute atomic E-state index is 0.0512. The van der Waals surface area contributed by atoms with Gasteiger partial charge >= 0.3 is 0 Å². The van der Waals surface area contributed by atoms with E-state index in [1.165, 1.54) is 0 Å². The SMILES string of the molecule is CC12CCC(=O)CC1CCC1C2C(O)CC2(C=O)C(C(=O)CO)CCC12. The predicted octanol–water partition coefficient (Wildman–Crippen LogP) is 1.93. The second-order valence-electron chi connectivity index (χ2n) is 9.58. The highest BCUT2D eigenvalue weighted by Crippen LogP contribution is 2.66. The summed E-state index contributed by atoms with van der Waals surface area (Å²) in [6.45, 7) is 1.71. The molecule has 8 atom stereocenters. The molecule has 5 heteroatoms. The molecule has 5 nitrogen and oxygen atoms in total. The molecule has 0 heterocycles. The molecular formula is C21H30O5. The van der Waals surface area contributed by atoms with Crippen LogP contribution in [0.3, 0.4) is 0 Å². The highest BCUT2D eigenvalue weighted by atomic mass is 16.3. The Bertz CT molecular complexity index is 630. The summed E-state index contributed by atoms with van der Waals surface area (Å²) in [6.07, 6.45) is 6.05. The molecule has 26 heavy (non-hydrogen) atoms. The zero-order chi connectivity index (χ0) is 18.7. The van der Waals surface area contributed by atoms with Crippen molar-refractivity contribution in [3.8, 4) is 0 Å². The lowest BCUT2D eigenvalue weighted by Crippen LogP contribution is -2.60. The summed E-state index contributed by atoms with van der Waals surface area (Å²) in [5, 5.41) is 20.5. The fourth-order valence-electron chi connectivity index (χ4n) is 7.66. The minimum Gasteiger partial charge on any atom is -0.393 e. The lowest BCUT2D eigenvalue weighted by molar-refractivity contribution is -0.178. The van der Waals surface area contributed by atoms with Gasteiger partial charge in [0.05, 0.1) is 6.10 Å². The summed E-state index contributed by atoms with van der Waals surface area (Å²) in [5.74, 6) is 0.416. The summed E-state index contributed by atoms with van der Waals surface area (Å²) in [5.41, 5.74) is -0.863. The zero-order valence-corrected chi connectivity index (χ0v) is 15.5. The van der Waals surface area contributed by atoms with Gasteiger partial charge in [0.25, 0.3) is 0 Å². The Morgan fingerprint density at radius 2 is 2.04 bits per heavy atom. The molecule has 4 fully saturated rings. The van der Waals surface area contributed by atoms with Crippen molar-refractivity contribution < 1.29 is 24.6 Å². The van der Waals surface area contributed by atoms with Crippen molar-refractivity contribution in [2.24, 2.45) is 40.4 Å². The largest absolute Gasteiger partial charge is 0.393 e. The third-order valence-corrected chi connectivity index (χ3v) is 8.78. The number of aliphatic hydroxyl groups excluding tert-OH is 2. The molecule has 0 aromatic rings. The van der Waals surface area contributed by atoms with Crippen LogP contribution in [0, 0.1) is 40.4 Å². The molecule has 0 radical (unpaired) electrons. The number of aldehydes is 1. The smallest absolute Gasteiger partial charge is 0.162 e. The van der Waals surface area contributed by atoms with Crippen molar-refractivity contribution in [2.75, 3.05) is 6.61 Å². The molecule has 4 aliphatic rings. The number of ketones is 2. The predicted molar refractivity (Wildman–Crippen MR) is 94.1 cm³/mol. The number of carbonyl (C=O) groups excluding carboxylic acids is 3. The molecule has 4 rings (SSSR count). The van der Waals surface area contributed by atoms with E-state index in [9.17, 15) is 24.6 Å². The van der Waals surface area contributed by atoms with Gasteiger partial charge in [0.2, 0.25) is 0 Å². The highest BCUT2D eigenvalue weighted by Gasteiger charge is 2.65. The molecule has 4 saturated carbocycles. The Labute approximate surface area is 154 Å². The first-order valence-electron chi connectivity index (χ1n) is 10.2. The molecule has 8 unspecified atom stereocenters. The molecule has 0 aliphatic heterocycles. The second-order valence-corrected chi connectivity index (χ2v) is 9.58. The van der Waals surface area contributed by atoms with Gasteiger partial charge in [-0.15, -0.1) is 0 Å². The maximum Gasteiger partial charge on any atom is 0.162 e. The van der Waals surface area contributed by atoms with E-state index >= 15 is 0 Å². The van der Waals surface area contributed by atoms with E-state index in [0.29, 0.717) is 37.4 Å². The number of fused-ring (bicyclic) bond motifs is 5. The number of rotatable bonds is 3. The van der Waals surface area contributed by atoms with Crippen LogP contribution in [-0.4, -0.2) is 40.8 Å². The first-order chi connectivity index (χ1) is 12.4. The van der Waals surface area contributed by atoms with E-state index in [0.717, 1.165) is 32.0 Å². The lowest BCUT2D eigenvalue weighted by Gasteiger charge is -2.61. The van der Waals surface area contributed by atoms with Crippen LogP contribution < -0.4 is 0 Å². The molecule has 0 saturated heterocycles. The van der Waals surface area contributed by atoms with Gasteiger partial charge in [-0.2, -0.15) is 0 Å². The molecule has 0 aromatic carbocycles. The van der Waals surface area contributed by atoms with Crippen LogP contribution in [0.2, 0.25) is 0 Å². The quantitative estimate of drug-likeness (QED) is 0.749. The first kappa shape index (κ1) is 18.3. The molecular weight excluding hydrogens is 332 g/mol. The average molecular weight is 362 g/mol. The number of aliphatic hydroxyl groups is 2. The minimum atomic E-state index is -0.811. The number of hydrogen-bond donors (Lipinski definition) is 2. The van der Waals surface area contributed by atoms with Gasteiger partial charge in [-0.1, -0.05) is 6.92 Å². The van der Waals surface area contributed by atoms with Crippen molar-refractivity contribution in [1.82, 2.24) is 0 Å². The van der Waals surface area contributed by atoms with Gasteiger partial charge < -0.3 is 15.0 Å². The zero-order valence-electron chi connectivity index (χ0n) is 15.5. The molecule has 0 spiro atoms. The Morgan fingerprint density at radius 3 is 2.73 bits per heavy atom. The van der Waals surface area contributed by atoms with Crippen molar-refractivity contribution >= 4 is 17.9 Å². The van der Waals surface area contributed by atoms with E-state index in [1.807, 2.05) is 0 Å². The van der Waals surface area contributed by atoms with Crippen LogP contribution in [0.15, 0.2) is 0 Å². The topological polar surface area (TPSA) is 91.7 Å². The van der Waals surface area contributed by atoms with E-state index in [2.05, 4.69) is 6.92 Å². The number of carbonyl (C=O) groups is 3. The summed E-state index contributed by atoms with van der Waals surface area (Å²) in [7, 11) is 0. The summed E-state index contributed by atoms with van der Waals surface area (Å²) >= 11 is 0. The fourth-order valence-corrected chi connectivity index (χ4v) is 7.66. The van der Waals surface area contributed by atoms with Gasteiger partial charge in [0.15, 0.2) is 5.78 Å². The Morgan fingerprint density at radius 1 is 1.27 bits per heavy atom. The maximum absolute atomic E-state index is 12.3. The van der Waals surface area contributed by atoms with E-state index < -0.39 is 24.0 Å². The van der Waals surface area contributed by atoms with Crippen LogP contribution in [0.25, 0.3) is 0 Å². The molecule has 0 aromatic heterocycles. The molecule has 144 valence electrons. The summed E-state index contributed by atoms with van der Waals surface area (Å²) in [4.78, 5) is 36.5. The highest BCUT2D eigenvalue weighted by molar-refractivity contribution is 5.87. The lowest BCUT2D eigenvalue weighted by atomic mass is 9.44. The Kier molecular flexibility index (Phi) is 4.39. The molecule has 0 amide bonds. The fraction of sp³-hybridized carbons (Fsp3) is 0.857. The van der Waals surface area contributed by atoms with Gasteiger partial charge in [-0.3, -0.25) is 9.59 Å². The number of Topliss-reactive ketones (excluding diaryl/α,β-unsaturated/α-hetero) is 2. The van der Waals surface area contributed by atoms with E-state index in [-0.39, 0.29) is 29.0 Å². The standard InChI is InChI=1S/C21H30O5/c1-20-7-6-13(24)8-12(20)2-3-14-15-4-5-16(18(26)10-22)21(15,11-23)9-17(25)19(14)20/h11-12,14-17,19,22,25H,2-10H2,1H3. The van der Waals surface area contributed by atoms with Crippen LogP contribution >= 0.6 is 0 Å². The van der Waals surface area contributed by atoms with Gasteiger partial charge in [-0.05, 0) is 67.6 Å². The van der Waals surface area contributed by atoms with Crippen molar-refractivity contribution in [3.63, 3.8) is 0 Å². The van der Waals surface area contributed by atoms with Gasteiger partial charge in [0, 0.05) is 24.2 Å². The molecule has 4 aliphatic carbocycles. The molecule has 0 bridgehead atoms. The van der Waals surface area contributed by atoms with Gasteiger partial charge in [-0.25, -0.2) is 0 Å². The first-order valence-corrected chi connectivity index (χ1v) is 10.2. The average Bonchev–Trinajstić information content (AvgIpc) is 3.00. The maximum atomic E-state index is 12.3. The Balaban J connectivity index is 1.70. The monoisotopic (exact) mass is 362 g/mol. The third kappa shape index (κ3) is 2.32. The van der Waals surface area contributed by atoms with Gasteiger partial charge in [0.1, 0.15) is 18.7 Å². The third-order valence-electron chi connectivity index (χ3n) is 8.78. The Hall–Kier alpha value is -1.07. The van der Waals surface area contributed by atoms with Crippen molar-refractivity contribution in [3.05, 3.63) is 0 Å².